The molecule has 3 aromatic rings. The first kappa shape index (κ1) is 17.5. The number of rotatable bonds is 5. The number of aromatic nitrogens is 4. The average Bonchev–Trinajstić information content (AvgIpc) is 3.27. The third-order valence-corrected chi connectivity index (χ3v) is 4.74. The van der Waals surface area contributed by atoms with Gasteiger partial charge in [-0.25, -0.2) is 9.78 Å². The molecule has 3 heterocycles. The number of carbonyl (C=O) groups excluding carboxylic acids is 1. The van der Waals surface area contributed by atoms with Crippen LogP contribution in [0.1, 0.15) is 25.5 Å². The molecule has 1 aromatic carbocycles. The minimum absolute atomic E-state index is 0.0792. The van der Waals surface area contributed by atoms with E-state index in [9.17, 15) is 4.79 Å². The van der Waals surface area contributed by atoms with Crippen molar-refractivity contribution in [1.82, 2.24) is 19.5 Å². The quantitative estimate of drug-likeness (QED) is 0.674. The lowest BCUT2D eigenvalue weighted by Gasteiger charge is -2.18. The lowest BCUT2D eigenvalue weighted by atomic mass is 10.1. The van der Waals surface area contributed by atoms with Gasteiger partial charge in [0.05, 0.1) is 18.9 Å². The Labute approximate surface area is 161 Å². The van der Waals surface area contributed by atoms with E-state index in [4.69, 9.17) is 16.3 Å². The molecule has 8 nitrogen and oxygen atoms in total. The van der Waals surface area contributed by atoms with Gasteiger partial charge < -0.3 is 14.6 Å². The van der Waals surface area contributed by atoms with Crippen LogP contribution < -0.4 is 10.2 Å². The molecule has 1 N–H and O–H groups in total. The SMILES string of the molecule is CCn1cnc2c(NC(C)c3cccc(N4CCOC4=O)c3)nc(Cl)nc21. The highest BCUT2D eigenvalue weighted by Crippen LogP contribution is 2.28. The van der Waals surface area contributed by atoms with Gasteiger partial charge in [-0.3, -0.25) is 4.90 Å². The summed E-state index contributed by atoms with van der Waals surface area (Å²) in [6, 6.07) is 7.70. The number of nitrogens with one attached hydrogen (secondary N) is 1. The van der Waals surface area contributed by atoms with Gasteiger partial charge in [0.15, 0.2) is 17.0 Å². The minimum atomic E-state index is -0.317. The smallest absolute Gasteiger partial charge is 0.414 e. The van der Waals surface area contributed by atoms with Crippen molar-refractivity contribution in [3.8, 4) is 0 Å². The lowest BCUT2D eigenvalue weighted by Crippen LogP contribution is -2.23. The van der Waals surface area contributed by atoms with E-state index in [1.807, 2.05) is 42.7 Å². The van der Waals surface area contributed by atoms with E-state index in [2.05, 4.69) is 20.3 Å². The molecule has 27 heavy (non-hydrogen) atoms. The number of carbonyl (C=O) groups is 1. The molecule has 1 amide bonds. The van der Waals surface area contributed by atoms with Crippen LogP contribution in [-0.2, 0) is 11.3 Å². The number of nitrogens with zero attached hydrogens (tertiary/aromatic N) is 5. The number of fused-ring (bicyclic) bond motifs is 1. The Kier molecular flexibility index (Phi) is 4.57. The first-order valence-corrected chi connectivity index (χ1v) is 9.13. The van der Waals surface area contributed by atoms with Crippen LogP contribution in [0.25, 0.3) is 11.2 Å². The lowest BCUT2D eigenvalue weighted by molar-refractivity contribution is 0.181. The van der Waals surface area contributed by atoms with Crippen LogP contribution in [0.15, 0.2) is 30.6 Å². The van der Waals surface area contributed by atoms with Crippen LogP contribution in [0.4, 0.5) is 16.3 Å². The van der Waals surface area contributed by atoms with Gasteiger partial charge in [-0.1, -0.05) is 12.1 Å². The fraction of sp³-hybridized carbons (Fsp3) is 0.333. The van der Waals surface area contributed by atoms with Gasteiger partial charge in [0.2, 0.25) is 5.28 Å². The average molecular weight is 387 g/mol. The third-order valence-electron chi connectivity index (χ3n) is 4.57. The molecule has 1 aliphatic rings. The van der Waals surface area contributed by atoms with E-state index >= 15 is 0 Å². The largest absolute Gasteiger partial charge is 0.447 e. The third kappa shape index (κ3) is 3.28. The molecule has 0 radical (unpaired) electrons. The van der Waals surface area contributed by atoms with E-state index < -0.39 is 0 Å². The highest BCUT2D eigenvalue weighted by atomic mass is 35.5. The van der Waals surface area contributed by atoms with E-state index in [1.54, 1.807) is 11.2 Å². The zero-order valence-corrected chi connectivity index (χ0v) is 15.8. The number of hydrogen-bond acceptors (Lipinski definition) is 6. The monoisotopic (exact) mass is 386 g/mol. The Morgan fingerprint density at radius 3 is 2.96 bits per heavy atom. The predicted molar refractivity (Wildman–Crippen MR) is 103 cm³/mol. The predicted octanol–water partition coefficient (Wildman–Crippen LogP) is 3.63. The van der Waals surface area contributed by atoms with Gasteiger partial charge >= 0.3 is 6.09 Å². The van der Waals surface area contributed by atoms with Crippen LogP contribution in [0.2, 0.25) is 5.28 Å². The summed E-state index contributed by atoms with van der Waals surface area (Å²) in [6.07, 6.45) is 1.41. The second kappa shape index (κ2) is 7.03. The van der Waals surface area contributed by atoms with Crippen LogP contribution in [0.3, 0.4) is 0 Å². The number of amides is 1. The van der Waals surface area contributed by atoms with Gasteiger partial charge in [0.25, 0.3) is 0 Å². The molecule has 140 valence electrons. The molecule has 1 aliphatic heterocycles. The summed E-state index contributed by atoms with van der Waals surface area (Å²) in [4.78, 5) is 26.4. The zero-order chi connectivity index (χ0) is 19.0. The van der Waals surface area contributed by atoms with Gasteiger partial charge in [-0.2, -0.15) is 9.97 Å². The van der Waals surface area contributed by atoms with Crippen molar-refractivity contribution in [3.05, 3.63) is 41.4 Å². The Balaban J connectivity index is 1.63. The van der Waals surface area contributed by atoms with Crippen LogP contribution in [0, 0.1) is 0 Å². The number of benzene rings is 1. The molecular formula is C18H19ClN6O2. The number of cyclic esters (lactones) is 1. The highest BCUT2D eigenvalue weighted by Gasteiger charge is 2.24. The Morgan fingerprint density at radius 2 is 2.22 bits per heavy atom. The summed E-state index contributed by atoms with van der Waals surface area (Å²) in [5.74, 6) is 0.579. The topological polar surface area (TPSA) is 85.2 Å². The van der Waals surface area contributed by atoms with Gasteiger partial charge in [-0.15, -0.1) is 0 Å². The molecule has 0 bridgehead atoms. The van der Waals surface area contributed by atoms with Crippen molar-refractivity contribution in [1.29, 1.82) is 0 Å². The zero-order valence-electron chi connectivity index (χ0n) is 15.0. The second-order valence-corrected chi connectivity index (χ2v) is 6.61. The molecule has 1 saturated heterocycles. The first-order valence-electron chi connectivity index (χ1n) is 8.76. The summed E-state index contributed by atoms with van der Waals surface area (Å²) in [5, 5.41) is 3.53. The molecule has 1 fully saturated rings. The van der Waals surface area contributed by atoms with Gasteiger partial charge in [0, 0.05) is 12.2 Å². The molecule has 1 unspecified atom stereocenters. The van der Waals surface area contributed by atoms with E-state index in [0.717, 1.165) is 17.8 Å². The van der Waals surface area contributed by atoms with E-state index in [-0.39, 0.29) is 17.4 Å². The highest BCUT2D eigenvalue weighted by molar-refractivity contribution is 6.28. The number of aryl methyl sites for hydroxylation is 1. The second-order valence-electron chi connectivity index (χ2n) is 6.27. The van der Waals surface area contributed by atoms with Crippen LogP contribution >= 0.6 is 11.6 Å². The molecular weight excluding hydrogens is 368 g/mol. The summed E-state index contributed by atoms with van der Waals surface area (Å²) >= 11 is 6.11. The Morgan fingerprint density at radius 1 is 1.37 bits per heavy atom. The molecule has 1 atom stereocenters. The normalized spacial score (nSPS) is 15.2. The van der Waals surface area contributed by atoms with Gasteiger partial charge in [-0.05, 0) is 43.1 Å². The Bertz CT molecular complexity index is 1000. The fourth-order valence-electron chi connectivity index (χ4n) is 3.13. The molecule has 0 aliphatic carbocycles. The van der Waals surface area contributed by atoms with Crippen molar-refractivity contribution >= 4 is 40.4 Å². The maximum Gasteiger partial charge on any atom is 0.414 e. The van der Waals surface area contributed by atoms with Crippen molar-refractivity contribution < 1.29 is 9.53 Å². The van der Waals surface area contributed by atoms with Crippen LogP contribution in [-0.4, -0.2) is 38.8 Å². The molecule has 2 aromatic heterocycles. The van der Waals surface area contributed by atoms with Crippen molar-refractivity contribution in [2.24, 2.45) is 0 Å². The van der Waals surface area contributed by atoms with Crippen molar-refractivity contribution in [2.75, 3.05) is 23.4 Å². The number of anilines is 2. The molecule has 4 rings (SSSR count). The Hall–Kier alpha value is -2.87. The maximum absolute atomic E-state index is 11.8. The number of ether oxygens (including phenoxy) is 1. The number of halogens is 1. The van der Waals surface area contributed by atoms with E-state index in [0.29, 0.717) is 30.1 Å². The van der Waals surface area contributed by atoms with Crippen molar-refractivity contribution in [3.63, 3.8) is 0 Å². The molecule has 9 heteroatoms. The summed E-state index contributed by atoms with van der Waals surface area (Å²) < 4.78 is 6.93. The summed E-state index contributed by atoms with van der Waals surface area (Å²) in [5.41, 5.74) is 3.18. The first-order chi connectivity index (χ1) is 13.1. The molecule has 0 spiro atoms. The maximum atomic E-state index is 11.8. The molecule has 0 saturated carbocycles. The number of hydrogen-bond donors (Lipinski definition) is 1. The summed E-state index contributed by atoms with van der Waals surface area (Å²) in [7, 11) is 0. The van der Waals surface area contributed by atoms with Gasteiger partial charge in [0.1, 0.15) is 6.61 Å². The minimum Gasteiger partial charge on any atom is -0.447 e. The van der Waals surface area contributed by atoms with E-state index in [1.165, 1.54) is 0 Å². The number of imidazole rings is 1. The van der Waals surface area contributed by atoms with Crippen LogP contribution in [0.5, 0.6) is 0 Å². The summed E-state index contributed by atoms with van der Waals surface area (Å²) in [6.45, 7) is 5.74. The standard InChI is InChI=1S/C18H19ClN6O2/c1-3-24-10-20-14-15(22-17(19)23-16(14)24)21-11(2)12-5-4-6-13(9-12)25-7-8-27-18(25)26/h4-6,9-11H,3,7-8H2,1-2H3,(H,21,22,23). The fourth-order valence-corrected chi connectivity index (χ4v) is 3.29. The van der Waals surface area contributed by atoms with Crippen molar-refractivity contribution in [2.45, 2.75) is 26.4 Å².